The predicted octanol–water partition coefficient (Wildman–Crippen LogP) is 2.24. The standard InChI is InChI=1S/C18H26N6O3S/c1-3-19-16(26)20-15(25)13(2)28-18-22-21-17(23-9-5-4-6-10-23)24(18)12-14-8-7-11-27-14/h7-8,11,13H,3-6,9-10,12H2,1-2H3,(H2,19,20,25,26)/t13-/m1/s1. The minimum absolute atomic E-state index is 0.372. The smallest absolute Gasteiger partial charge is 0.321 e. The fraction of sp³-hybridized carbons (Fsp3) is 0.556. The Morgan fingerprint density at radius 1 is 1.29 bits per heavy atom. The minimum atomic E-state index is -0.503. The summed E-state index contributed by atoms with van der Waals surface area (Å²) in [4.78, 5) is 26.1. The molecule has 1 aliphatic heterocycles. The second-order valence-electron chi connectivity index (χ2n) is 6.60. The van der Waals surface area contributed by atoms with E-state index >= 15 is 0 Å². The summed E-state index contributed by atoms with van der Waals surface area (Å²) < 4.78 is 7.48. The molecular weight excluding hydrogens is 380 g/mol. The molecule has 1 saturated heterocycles. The number of carbonyl (C=O) groups is 2. The lowest BCUT2D eigenvalue weighted by molar-refractivity contribution is -0.119. The third-order valence-corrected chi connectivity index (χ3v) is 5.54. The van der Waals surface area contributed by atoms with Crippen LogP contribution in [0.15, 0.2) is 28.0 Å². The van der Waals surface area contributed by atoms with Crippen LogP contribution in [0.5, 0.6) is 0 Å². The number of furan rings is 1. The van der Waals surface area contributed by atoms with Crippen LogP contribution < -0.4 is 15.5 Å². The van der Waals surface area contributed by atoms with E-state index in [2.05, 4.69) is 25.7 Å². The second-order valence-corrected chi connectivity index (χ2v) is 7.91. The fourth-order valence-corrected chi connectivity index (χ4v) is 3.87. The summed E-state index contributed by atoms with van der Waals surface area (Å²) in [7, 11) is 0. The zero-order chi connectivity index (χ0) is 19.9. The summed E-state index contributed by atoms with van der Waals surface area (Å²) in [5.74, 6) is 1.21. The lowest BCUT2D eigenvalue weighted by atomic mass is 10.1. The first-order chi connectivity index (χ1) is 13.6. The average molecular weight is 407 g/mol. The molecule has 3 amide bonds. The van der Waals surface area contributed by atoms with Crippen molar-refractivity contribution in [1.82, 2.24) is 25.4 Å². The van der Waals surface area contributed by atoms with Gasteiger partial charge < -0.3 is 14.6 Å². The van der Waals surface area contributed by atoms with Crippen LogP contribution in [0, 0.1) is 0 Å². The quantitative estimate of drug-likeness (QED) is 0.679. The highest BCUT2D eigenvalue weighted by Crippen LogP contribution is 2.28. The van der Waals surface area contributed by atoms with E-state index in [-0.39, 0.29) is 5.91 Å². The van der Waals surface area contributed by atoms with Crippen molar-refractivity contribution in [1.29, 1.82) is 0 Å². The SMILES string of the molecule is CCNC(=O)NC(=O)[C@@H](C)Sc1nnc(N2CCCCC2)n1Cc1ccco1. The molecule has 3 rings (SSSR count). The number of nitrogens with one attached hydrogen (secondary N) is 2. The number of anilines is 1. The van der Waals surface area contributed by atoms with Gasteiger partial charge in [-0.3, -0.25) is 14.7 Å². The van der Waals surface area contributed by atoms with Gasteiger partial charge >= 0.3 is 6.03 Å². The molecule has 3 heterocycles. The molecule has 10 heteroatoms. The van der Waals surface area contributed by atoms with Gasteiger partial charge in [0.15, 0.2) is 5.16 Å². The maximum Gasteiger partial charge on any atom is 0.321 e. The molecule has 0 aromatic carbocycles. The predicted molar refractivity (Wildman–Crippen MR) is 106 cm³/mol. The van der Waals surface area contributed by atoms with Crippen molar-refractivity contribution in [2.75, 3.05) is 24.5 Å². The molecule has 1 fully saturated rings. The number of imide groups is 1. The summed E-state index contributed by atoms with van der Waals surface area (Å²) in [5.41, 5.74) is 0. The van der Waals surface area contributed by atoms with Crippen molar-refractivity contribution in [2.24, 2.45) is 0 Å². The monoisotopic (exact) mass is 406 g/mol. The molecule has 2 aromatic heterocycles. The van der Waals surface area contributed by atoms with Crippen LogP contribution >= 0.6 is 11.8 Å². The third-order valence-electron chi connectivity index (χ3n) is 4.46. The number of hydrogen-bond donors (Lipinski definition) is 2. The number of hydrogen-bond acceptors (Lipinski definition) is 7. The zero-order valence-electron chi connectivity index (χ0n) is 16.2. The van der Waals surface area contributed by atoms with Gasteiger partial charge in [0, 0.05) is 19.6 Å². The molecule has 2 aromatic rings. The zero-order valence-corrected chi connectivity index (χ0v) is 17.0. The van der Waals surface area contributed by atoms with Crippen LogP contribution in [0.2, 0.25) is 0 Å². The molecule has 0 spiro atoms. The van der Waals surface area contributed by atoms with Crippen LogP contribution in [0.1, 0.15) is 38.9 Å². The van der Waals surface area contributed by atoms with E-state index in [0.717, 1.165) is 37.6 Å². The normalized spacial score (nSPS) is 15.3. The van der Waals surface area contributed by atoms with Gasteiger partial charge in [-0.25, -0.2) is 4.79 Å². The highest BCUT2D eigenvalue weighted by atomic mass is 32.2. The van der Waals surface area contributed by atoms with E-state index in [9.17, 15) is 9.59 Å². The molecule has 0 aliphatic carbocycles. The Hall–Kier alpha value is -2.49. The molecule has 1 atom stereocenters. The number of amides is 3. The molecule has 0 saturated carbocycles. The summed E-state index contributed by atoms with van der Waals surface area (Å²) >= 11 is 1.27. The Morgan fingerprint density at radius 3 is 2.75 bits per heavy atom. The number of piperidine rings is 1. The molecule has 0 bridgehead atoms. The van der Waals surface area contributed by atoms with Crippen LogP contribution in [0.3, 0.4) is 0 Å². The van der Waals surface area contributed by atoms with Crippen molar-refractivity contribution in [3.05, 3.63) is 24.2 Å². The molecule has 2 N–H and O–H groups in total. The number of rotatable bonds is 7. The summed E-state index contributed by atoms with van der Waals surface area (Å²) in [6.07, 6.45) is 5.11. The van der Waals surface area contributed by atoms with Gasteiger partial charge in [-0.05, 0) is 45.2 Å². The number of aromatic nitrogens is 3. The Labute approximate surface area is 168 Å². The van der Waals surface area contributed by atoms with Crippen molar-refractivity contribution >= 4 is 29.6 Å². The van der Waals surface area contributed by atoms with Crippen LogP contribution in [0.4, 0.5) is 10.7 Å². The Morgan fingerprint density at radius 2 is 2.07 bits per heavy atom. The number of thioether (sulfide) groups is 1. The summed E-state index contributed by atoms with van der Waals surface area (Å²) in [6, 6.07) is 3.25. The van der Waals surface area contributed by atoms with Gasteiger partial charge in [-0.2, -0.15) is 0 Å². The largest absolute Gasteiger partial charge is 0.467 e. The molecule has 0 unspecified atom stereocenters. The molecule has 1 aliphatic rings. The average Bonchev–Trinajstić information content (AvgIpc) is 3.33. The highest BCUT2D eigenvalue weighted by Gasteiger charge is 2.25. The first kappa shape index (κ1) is 20.2. The number of nitrogens with zero attached hydrogens (tertiary/aromatic N) is 4. The van der Waals surface area contributed by atoms with E-state index in [1.807, 2.05) is 16.7 Å². The van der Waals surface area contributed by atoms with Gasteiger partial charge in [0.25, 0.3) is 0 Å². The van der Waals surface area contributed by atoms with E-state index in [1.54, 1.807) is 20.1 Å². The van der Waals surface area contributed by atoms with E-state index < -0.39 is 11.3 Å². The van der Waals surface area contributed by atoms with Gasteiger partial charge in [-0.1, -0.05) is 11.8 Å². The summed E-state index contributed by atoms with van der Waals surface area (Å²) in [6.45, 7) is 6.35. The number of urea groups is 1. The minimum Gasteiger partial charge on any atom is -0.467 e. The van der Waals surface area contributed by atoms with Crippen molar-refractivity contribution in [2.45, 2.75) is 50.1 Å². The van der Waals surface area contributed by atoms with Crippen LogP contribution in [-0.2, 0) is 11.3 Å². The van der Waals surface area contributed by atoms with E-state index in [4.69, 9.17) is 4.42 Å². The van der Waals surface area contributed by atoms with Gasteiger partial charge in [0.1, 0.15) is 5.76 Å². The Balaban J connectivity index is 1.76. The number of carbonyl (C=O) groups excluding carboxylic acids is 2. The van der Waals surface area contributed by atoms with Crippen molar-refractivity contribution in [3.63, 3.8) is 0 Å². The van der Waals surface area contributed by atoms with Crippen LogP contribution in [0.25, 0.3) is 0 Å². The lowest BCUT2D eigenvalue weighted by Gasteiger charge is -2.27. The van der Waals surface area contributed by atoms with Gasteiger partial charge in [0.05, 0.1) is 18.1 Å². The maximum absolute atomic E-state index is 12.3. The Bertz CT molecular complexity index is 785. The van der Waals surface area contributed by atoms with Crippen LogP contribution in [-0.4, -0.2) is 51.6 Å². The molecule has 9 nitrogen and oxygen atoms in total. The van der Waals surface area contributed by atoms with Crippen molar-refractivity contribution < 1.29 is 14.0 Å². The third kappa shape index (κ3) is 5.06. The molecular formula is C18H26N6O3S. The fourth-order valence-electron chi connectivity index (χ4n) is 3.02. The first-order valence-corrected chi connectivity index (χ1v) is 10.4. The topological polar surface area (TPSA) is 105 Å². The second kappa shape index (κ2) is 9.63. The van der Waals surface area contributed by atoms with Crippen molar-refractivity contribution in [3.8, 4) is 0 Å². The van der Waals surface area contributed by atoms with E-state index in [1.165, 1.54) is 18.2 Å². The van der Waals surface area contributed by atoms with Gasteiger partial charge in [-0.15, -0.1) is 10.2 Å². The van der Waals surface area contributed by atoms with E-state index in [0.29, 0.717) is 18.2 Å². The first-order valence-electron chi connectivity index (χ1n) is 9.54. The Kier molecular flexibility index (Phi) is 6.96. The van der Waals surface area contributed by atoms with Gasteiger partial charge in [0.2, 0.25) is 11.9 Å². The molecule has 0 radical (unpaired) electrons. The lowest BCUT2D eigenvalue weighted by Crippen LogP contribution is -2.42. The molecule has 152 valence electrons. The molecule has 28 heavy (non-hydrogen) atoms. The maximum atomic E-state index is 12.3. The highest BCUT2D eigenvalue weighted by molar-refractivity contribution is 8.00. The summed E-state index contributed by atoms with van der Waals surface area (Å²) in [5, 5.41) is 13.7.